The molecule has 16 heteroatoms. The van der Waals surface area contributed by atoms with Crippen LogP contribution in [0.5, 0.6) is 11.5 Å². The SMILES string of the molecule is O=C(C(Nc1ncccn1)C1=CCCC=C1)N1CCCC1c1ncc(-c2cc3c4c(c2)OCc2cc(-c5cnc(C6CCCN6C(=O)C(Nc6ncccn6)c6ccccc6)[nH]5)cc(c2-4)OC3)[nH]1. The monoisotopic (exact) mass is 904 g/mol. The third kappa shape index (κ3) is 7.70. The Kier molecular flexibility index (Phi) is 10.7. The lowest BCUT2D eigenvalue weighted by molar-refractivity contribution is -0.133. The van der Waals surface area contributed by atoms with Crippen LogP contribution in [-0.2, 0) is 22.8 Å². The van der Waals surface area contributed by atoms with E-state index in [9.17, 15) is 9.59 Å². The van der Waals surface area contributed by atoms with E-state index in [1.165, 1.54) is 0 Å². The van der Waals surface area contributed by atoms with Crippen molar-refractivity contribution in [1.82, 2.24) is 49.7 Å². The Morgan fingerprint density at radius 2 is 1.16 bits per heavy atom. The largest absolute Gasteiger partial charge is 0.488 e. The van der Waals surface area contributed by atoms with Crippen molar-refractivity contribution in [2.75, 3.05) is 23.7 Å². The van der Waals surface area contributed by atoms with Crippen molar-refractivity contribution >= 4 is 23.7 Å². The number of benzene rings is 3. The predicted molar refractivity (Wildman–Crippen MR) is 254 cm³/mol. The maximum absolute atomic E-state index is 14.4. The van der Waals surface area contributed by atoms with Crippen LogP contribution in [0.15, 0.2) is 128 Å². The number of hydrogen-bond donors (Lipinski definition) is 4. The second-order valence-electron chi connectivity index (χ2n) is 17.7. The number of ether oxygens (including phenoxy) is 2. The summed E-state index contributed by atoms with van der Waals surface area (Å²) in [5.41, 5.74) is 9.41. The van der Waals surface area contributed by atoms with Crippen molar-refractivity contribution in [3.05, 3.63) is 156 Å². The van der Waals surface area contributed by atoms with Gasteiger partial charge < -0.3 is 39.9 Å². The van der Waals surface area contributed by atoms with E-state index in [1.54, 1.807) is 36.9 Å². The molecule has 4 aliphatic heterocycles. The summed E-state index contributed by atoms with van der Waals surface area (Å²) in [6.45, 7) is 1.97. The highest BCUT2D eigenvalue weighted by Gasteiger charge is 2.39. The van der Waals surface area contributed by atoms with E-state index >= 15 is 0 Å². The van der Waals surface area contributed by atoms with Crippen molar-refractivity contribution in [3.63, 3.8) is 0 Å². The standard InChI is InChI=1S/C52H48N12O4/c65-49(45(31-11-3-1-4-12-31)61-51-53-17-9-18-54-51)63-21-7-15-39(63)47-57-27-37(59-47)33-23-35-29-68-42-26-34(24-36-30-67-41(25-33)43(35)44(36)42)38-28-58-48(60-38)40-16-8-22-64(40)50(66)46(32-13-5-2-6-14-32)62-52-55-19-10-20-56-52/h1,3-5,9-14,17-20,23-28,39-40,45-46H,2,6-8,15-16,21-22,29-30H2,(H,57,59)(H,58,60)(H,53,54,61)(H,55,56,62). The number of H-pyrrole nitrogens is 2. The number of carbonyl (C=O) groups excluding carboxylic acids is 2. The molecule has 4 unspecified atom stereocenters. The molecule has 2 saturated heterocycles. The van der Waals surface area contributed by atoms with E-state index < -0.39 is 12.1 Å². The summed E-state index contributed by atoms with van der Waals surface area (Å²) in [5.74, 6) is 3.78. The number of likely N-dealkylation sites (tertiary alicyclic amines) is 2. The van der Waals surface area contributed by atoms with Gasteiger partial charge >= 0.3 is 0 Å². The number of nitrogens with one attached hydrogen (secondary N) is 4. The lowest BCUT2D eigenvalue weighted by Crippen LogP contribution is -2.44. The average molecular weight is 905 g/mol. The van der Waals surface area contributed by atoms with Gasteiger partial charge in [-0.15, -0.1) is 0 Å². The summed E-state index contributed by atoms with van der Waals surface area (Å²) >= 11 is 0. The molecule has 4 N–H and O–H groups in total. The van der Waals surface area contributed by atoms with E-state index in [0.29, 0.717) is 38.2 Å². The van der Waals surface area contributed by atoms with Crippen LogP contribution < -0.4 is 20.1 Å². The molecule has 1 aliphatic carbocycles. The van der Waals surface area contributed by atoms with E-state index in [-0.39, 0.29) is 23.9 Å². The van der Waals surface area contributed by atoms with Crippen LogP contribution in [0.3, 0.4) is 0 Å². The molecule has 2 fully saturated rings. The van der Waals surface area contributed by atoms with Crippen LogP contribution >= 0.6 is 0 Å². The molecule has 7 aromatic rings. The number of carbonyl (C=O) groups is 2. The molecular weight excluding hydrogens is 857 g/mol. The van der Waals surface area contributed by atoms with Gasteiger partial charge in [0.25, 0.3) is 0 Å². The van der Waals surface area contributed by atoms with Gasteiger partial charge in [-0.3, -0.25) is 9.59 Å². The minimum absolute atomic E-state index is 0.0293. The Balaban J connectivity index is 0.776. The molecule has 4 atom stereocenters. The van der Waals surface area contributed by atoms with E-state index in [1.807, 2.05) is 58.6 Å². The average Bonchev–Trinajstić information content (AvgIpc) is 4.25. The number of rotatable bonds is 12. The number of aromatic amines is 2. The van der Waals surface area contributed by atoms with Gasteiger partial charge in [0.2, 0.25) is 23.7 Å². The molecule has 0 bridgehead atoms. The highest BCUT2D eigenvalue weighted by Crippen LogP contribution is 2.51. The van der Waals surface area contributed by atoms with Crippen molar-refractivity contribution in [2.45, 2.75) is 75.9 Å². The van der Waals surface area contributed by atoms with Crippen LogP contribution in [0, 0.1) is 0 Å². The number of aromatic nitrogens is 8. The van der Waals surface area contributed by atoms with Gasteiger partial charge in [0.1, 0.15) is 48.4 Å². The summed E-state index contributed by atoms with van der Waals surface area (Å²) in [7, 11) is 0. The van der Waals surface area contributed by atoms with Crippen molar-refractivity contribution in [1.29, 1.82) is 0 Å². The number of imidazole rings is 2. The molecule has 0 saturated carbocycles. The molecule has 12 rings (SSSR count). The Hall–Kier alpha value is -8.14. The summed E-state index contributed by atoms with van der Waals surface area (Å²) in [6, 6.07) is 19.9. The third-order valence-electron chi connectivity index (χ3n) is 13.6. The van der Waals surface area contributed by atoms with Crippen LogP contribution in [0.25, 0.3) is 33.6 Å². The quantitative estimate of drug-likeness (QED) is 0.0917. The van der Waals surface area contributed by atoms with Gasteiger partial charge in [-0.2, -0.15) is 0 Å². The first kappa shape index (κ1) is 41.3. The molecular formula is C52H48N12O4. The first-order valence-electron chi connectivity index (χ1n) is 23.3. The van der Waals surface area contributed by atoms with Crippen molar-refractivity contribution in [3.8, 4) is 45.1 Å². The molecule has 0 spiro atoms. The lowest BCUT2D eigenvalue weighted by Gasteiger charge is -2.30. The zero-order valence-electron chi connectivity index (χ0n) is 37.1. The summed E-state index contributed by atoms with van der Waals surface area (Å²) in [4.78, 5) is 66.9. The zero-order valence-corrected chi connectivity index (χ0v) is 37.1. The van der Waals surface area contributed by atoms with E-state index in [4.69, 9.17) is 19.4 Å². The minimum Gasteiger partial charge on any atom is -0.488 e. The fourth-order valence-electron chi connectivity index (χ4n) is 10.3. The Morgan fingerprint density at radius 1 is 0.632 bits per heavy atom. The fourth-order valence-corrected chi connectivity index (χ4v) is 10.3. The van der Waals surface area contributed by atoms with Crippen molar-refractivity contribution < 1.29 is 19.1 Å². The maximum Gasteiger partial charge on any atom is 0.250 e. The Labute approximate surface area is 392 Å². The molecule has 340 valence electrons. The normalized spacial score (nSPS) is 18.8. The molecule has 4 aromatic heterocycles. The molecule has 2 amide bonds. The molecule has 8 heterocycles. The van der Waals surface area contributed by atoms with Crippen LogP contribution in [0.1, 0.15) is 85.0 Å². The topological polar surface area (TPSA) is 192 Å². The highest BCUT2D eigenvalue weighted by molar-refractivity contribution is 5.90. The molecule has 0 radical (unpaired) electrons. The van der Waals surface area contributed by atoms with Crippen LogP contribution in [-0.4, -0.2) is 80.6 Å². The van der Waals surface area contributed by atoms with Gasteiger partial charge in [0, 0.05) is 71.3 Å². The Bertz CT molecular complexity index is 3030. The van der Waals surface area contributed by atoms with Crippen LogP contribution in [0.2, 0.25) is 0 Å². The zero-order chi connectivity index (χ0) is 45.6. The van der Waals surface area contributed by atoms with Gasteiger partial charge in [0.05, 0.1) is 35.9 Å². The highest BCUT2D eigenvalue weighted by atomic mass is 16.5. The summed E-state index contributed by atoms with van der Waals surface area (Å²) in [6.07, 6.45) is 21.7. The molecule has 16 nitrogen and oxygen atoms in total. The first-order valence-corrected chi connectivity index (χ1v) is 23.3. The lowest BCUT2D eigenvalue weighted by atomic mass is 9.87. The van der Waals surface area contributed by atoms with E-state index in [2.05, 4.69) is 77.0 Å². The van der Waals surface area contributed by atoms with Gasteiger partial charge in [0.15, 0.2) is 0 Å². The van der Waals surface area contributed by atoms with Crippen molar-refractivity contribution in [2.24, 2.45) is 0 Å². The fraction of sp³-hybridized carbons (Fsp3) is 0.269. The number of anilines is 2. The van der Waals surface area contributed by atoms with Crippen LogP contribution in [0.4, 0.5) is 11.9 Å². The molecule has 5 aliphatic rings. The number of nitrogens with zero attached hydrogens (tertiary/aromatic N) is 8. The minimum atomic E-state index is -0.666. The molecule has 3 aromatic carbocycles. The number of amides is 2. The maximum atomic E-state index is 14.4. The predicted octanol–water partition coefficient (Wildman–Crippen LogP) is 8.44. The van der Waals surface area contributed by atoms with Gasteiger partial charge in [-0.05, 0) is 86.1 Å². The first-order chi connectivity index (χ1) is 33.5. The Morgan fingerprint density at radius 3 is 1.69 bits per heavy atom. The third-order valence-corrected chi connectivity index (χ3v) is 13.6. The number of hydrogen-bond acceptors (Lipinski definition) is 12. The second kappa shape index (κ2) is 17.6. The summed E-state index contributed by atoms with van der Waals surface area (Å²) < 4.78 is 13.1. The number of allylic oxidation sites excluding steroid dienone is 2. The molecule has 68 heavy (non-hydrogen) atoms. The summed E-state index contributed by atoms with van der Waals surface area (Å²) in [5, 5.41) is 6.59. The smallest absolute Gasteiger partial charge is 0.250 e. The second-order valence-corrected chi connectivity index (χ2v) is 17.7. The van der Waals surface area contributed by atoms with Gasteiger partial charge in [-0.25, -0.2) is 29.9 Å². The van der Waals surface area contributed by atoms with Gasteiger partial charge in [-0.1, -0.05) is 48.6 Å². The van der Waals surface area contributed by atoms with E-state index in [0.717, 1.165) is 118 Å².